The zero-order valence-electron chi connectivity index (χ0n) is 27.4. The van der Waals surface area contributed by atoms with Gasteiger partial charge in [-0.2, -0.15) is 0 Å². The lowest BCUT2D eigenvalue weighted by Gasteiger charge is -2.19. The number of fused-ring (bicyclic) bond motifs is 2. The van der Waals surface area contributed by atoms with E-state index in [9.17, 15) is 33.1 Å². The molecule has 0 atom stereocenters. The second-order valence-electron chi connectivity index (χ2n) is 11.7. The molecule has 4 rings (SSSR count). The van der Waals surface area contributed by atoms with Gasteiger partial charge >= 0.3 is 11.9 Å². The minimum Gasteiger partial charge on any atom is -0.502 e. The first-order chi connectivity index (χ1) is 22.0. The van der Waals surface area contributed by atoms with Crippen molar-refractivity contribution in [1.82, 2.24) is 0 Å². The minimum atomic E-state index is -0.972. The molecule has 10 nitrogen and oxygen atoms in total. The smallest absolute Gasteiger partial charge is 0.311 e. The maximum atomic E-state index is 14.5. The number of phenolic OH excluding ortho intramolecular Hbond substituents is 1. The molecule has 1 N–H and O–H groups in total. The number of aromatic hydroxyl groups is 1. The average Bonchev–Trinajstić information content (AvgIpc) is 3.67. The average molecular weight is 695 g/mol. The molecular formula is C33H36F2O10S2. The Hall–Kier alpha value is -4.30. The third kappa shape index (κ3) is 7.82. The summed E-state index contributed by atoms with van der Waals surface area (Å²) in [6, 6.07) is 5.96. The van der Waals surface area contributed by atoms with Gasteiger partial charge in [0, 0.05) is 45.1 Å². The van der Waals surface area contributed by atoms with Crippen LogP contribution in [0.15, 0.2) is 24.3 Å². The molecule has 254 valence electrons. The zero-order valence-corrected chi connectivity index (χ0v) is 29.1. The van der Waals surface area contributed by atoms with Crippen LogP contribution in [0, 0.1) is 22.5 Å². The minimum absolute atomic E-state index is 0.00307. The van der Waals surface area contributed by atoms with Crippen LogP contribution in [0.2, 0.25) is 0 Å². The summed E-state index contributed by atoms with van der Waals surface area (Å²) in [6.07, 6.45) is -0.0837. The summed E-state index contributed by atoms with van der Waals surface area (Å²) in [5.74, 6) is -3.23. The number of Topliss-reactive ketones (excluding diaryl/α,β-unsaturated/α-hetero) is 2. The fourth-order valence-corrected chi connectivity index (χ4v) is 6.70. The van der Waals surface area contributed by atoms with Gasteiger partial charge < -0.3 is 28.8 Å². The van der Waals surface area contributed by atoms with Gasteiger partial charge in [0.15, 0.2) is 46.2 Å². The Labute approximate surface area is 278 Å². The maximum Gasteiger partial charge on any atom is 0.311 e. The molecule has 0 saturated heterocycles. The molecule has 0 aliphatic heterocycles. The first kappa shape index (κ1) is 37.2. The van der Waals surface area contributed by atoms with E-state index in [4.69, 9.17) is 18.9 Å². The number of ketones is 2. The monoisotopic (exact) mass is 694 g/mol. The molecule has 0 aliphatic carbocycles. The third-order valence-electron chi connectivity index (χ3n) is 7.26. The van der Waals surface area contributed by atoms with E-state index in [-0.39, 0.29) is 52.4 Å². The third-order valence-corrected chi connectivity index (χ3v) is 9.50. The van der Waals surface area contributed by atoms with E-state index in [0.29, 0.717) is 19.2 Å². The summed E-state index contributed by atoms with van der Waals surface area (Å²) in [7, 11) is 6.63. The quantitative estimate of drug-likeness (QED) is 0.125. The lowest BCUT2D eigenvalue weighted by Crippen LogP contribution is -2.28. The number of hydrogen-bond donors (Lipinski definition) is 1. The van der Waals surface area contributed by atoms with Gasteiger partial charge in [-0.3, -0.25) is 19.2 Å². The summed E-state index contributed by atoms with van der Waals surface area (Å²) < 4.78 is 54.2. The van der Waals surface area contributed by atoms with Crippen molar-refractivity contribution >= 4 is 66.4 Å². The van der Waals surface area contributed by atoms with Crippen molar-refractivity contribution < 1.29 is 56.7 Å². The Balaban J connectivity index is 0.000000256. The van der Waals surface area contributed by atoms with Crippen LogP contribution in [-0.4, -0.2) is 64.2 Å². The molecule has 0 saturated carbocycles. The number of esters is 2. The standard InChI is InChI=1S/C17H19FO5S.C16H17FO5S/c1-17(2,16(20)23-5)8-10(19)13-6-9-12(24-13)7-11(21-3)15(22-4)14(9)18;1-16(2,15(20)22-4)7-9(18)12-5-8-11(23-12)6-10(21-3)14(19)13(8)17/h6-7H,8H2,1-5H3;5-6,19H,7H2,1-4H3. The Bertz CT molecular complexity index is 1840. The molecule has 47 heavy (non-hydrogen) atoms. The molecule has 2 aromatic heterocycles. The summed E-state index contributed by atoms with van der Waals surface area (Å²) >= 11 is 2.24. The molecule has 4 aromatic rings. The van der Waals surface area contributed by atoms with Crippen LogP contribution in [0.25, 0.3) is 20.2 Å². The predicted octanol–water partition coefficient (Wildman–Crippen LogP) is 7.36. The Morgan fingerprint density at radius 1 is 0.660 bits per heavy atom. The lowest BCUT2D eigenvalue weighted by atomic mass is 9.87. The molecule has 2 heterocycles. The molecule has 0 unspecified atom stereocenters. The van der Waals surface area contributed by atoms with Crippen molar-refractivity contribution in [1.29, 1.82) is 0 Å². The van der Waals surface area contributed by atoms with Gasteiger partial charge in [-0.1, -0.05) is 0 Å². The number of ether oxygens (including phenoxy) is 5. The highest BCUT2D eigenvalue weighted by molar-refractivity contribution is 7.21. The van der Waals surface area contributed by atoms with E-state index >= 15 is 0 Å². The number of phenols is 1. The van der Waals surface area contributed by atoms with Crippen molar-refractivity contribution in [2.75, 3.05) is 35.5 Å². The second kappa shape index (κ2) is 14.6. The number of carbonyl (C=O) groups is 4. The fourth-order valence-electron chi connectivity index (χ4n) is 4.65. The number of methoxy groups -OCH3 is 5. The number of thiophene rings is 2. The van der Waals surface area contributed by atoms with E-state index in [0.717, 1.165) is 22.7 Å². The van der Waals surface area contributed by atoms with Crippen LogP contribution in [0.4, 0.5) is 8.78 Å². The molecule has 0 bridgehead atoms. The highest BCUT2D eigenvalue weighted by atomic mass is 32.1. The molecule has 0 fully saturated rings. The molecule has 0 radical (unpaired) electrons. The predicted molar refractivity (Wildman–Crippen MR) is 174 cm³/mol. The highest BCUT2D eigenvalue weighted by Gasteiger charge is 2.34. The van der Waals surface area contributed by atoms with Crippen LogP contribution in [0.5, 0.6) is 23.0 Å². The summed E-state index contributed by atoms with van der Waals surface area (Å²) in [4.78, 5) is 49.0. The topological polar surface area (TPSA) is 135 Å². The zero-order chi connectivity index (χ0) is 35.4. The van der Waals surface area contributed by atoms with Crippen LogP contribution < -0.4 is 14.2 Å². The number of hydrogen-bond acceptors (Lipinski definition) is 12. The molecular weight excluding hydrogens is 658 g/mol. The summed E-state index contributed by atoms with van der Waals surface area (Å²) in [5.41, 5.74) is -1.92. The van der Waals surface area contributed by atoms with Crippen molar-refractivity contribution in [3.63, 3.8) is 0 Å². The van der Waals surface area contributed by atoms with E-state index in [1.165, 1.54) is 53.7 Å². The first-order valence-corrected chi connectivity index (χ1v) is 15.7. The summed E-state index contributed by atoms with van der Waals surface area (Å²) in [6.45, 7) is 6.49. The SMILES string of the molecule is COC(=O)C(C)(C)CC(=O)c1cc2c(F)c(O)c(OC)cc2s1.COC(=O)C(C)(C)CC(=O)c1cc2c(F)c(OC)c(OC)cc2s1. The van der Waals surface area contributed by atoms with Crippen molar-refractivity contribution in [3.8, 4) is 23.0 Å². The normalized spacial score (nSPS) is 11.5. The Morgan fingerprint density at radius 3 is 1.45 bits per heavy atom. The van der Waals surface area contributed by atoms with Crippen LogP contribution in [-0.2, 0) is 19.1 Å². The van der Waals surface area contributed by atoms with Crippen LogP contribution in [0.1, 0.15) is 59.9 Å². The van der Waals surface area contributed by atoms with Crippen LogP contribution >= 0.6 is 22.7 Å². The van der Waals surface area contributed by atoms with E-state index in [1.54, 1.807) is 33.8 Å². The van der Waals surface area contributed by atoms with Gasteiger partial charge in [0.05, 0.1) is 56.1 Å². The van der Waals surface area contributed by atoms with Crippen molar-refractivity contribution in [2.24, 2.45) is 10.8 Å². The largest absolute Gasteiger partial charge is 0.502 e. The van der Waals surface area contributed by atoms with Gasteiger partial charge in [0.2, 0.25) is 0 Å². The number of carbonyl (C=O) groups excluding carboxylic acids is 4. The summed E-state index contributed by atoms with van der Waals surface area (Å²) in [5, 5.41) is 10.1. The molecule has 14 heteroatoms. The Morgan fingerprint density at radius 2 is 1.06 bits per heavy atom. The van der Waals surface area contributed by atoms with Crippen LogP contribution in [0.3, 0.4) is 0 Å². The van der Waals surface area contributed by atoms with E-state index < -0.39 is 40.2 Å². The van der Waals surface area contributed by atoms with E-state index in [1.807, 2.05) is 0 Å². The molecule has 0 aliphatic rings. The number of benzene rings is 2. The lowest BCUT2D eigenvalue weighted by molar-refractivity contribution is -0.151. The fraction of sp³-hybridized carbons (Fsp3) is 0.394. The van der Waals surface area contributed by atoms with Gasteiger partial charge in [0.25, 0.3) is 0 Å². The molecule has 0 spiro atoms. The number of halogens is 2. The van der Waals surface area contributed by atoms with Gasteiger partial charge in [-0.05, 0) is 39.8 Å². The van der Waals surface area contributed by atoms with Gasteiger partial charge in [-0.25, -0.2) is 8.78 Å². The molecule has 2 aromatic carbocycles. The number of rotatable bonds is 11. The second-order valence-corrected chi connectivity index (χ2v) is 13.8. The van der Waals surface area contributed by atoms with Gasteiger partial charge in [-0.15, -0.1) is 22.7 Å². The van der Waals surface area contributed by atoms with Crippen molar-refractivity contribution in [3.05, 3.63) is 45.7 Å². The van der Waals surface area contributed by atoms with E-state index in [2.05, 4.69) is 4.74 Å². The van der Waals surface area contributed by atoms with Crippen molar-refractivity contribution in [2.45, 2.75) is 40.5 Å². The first-order valence-electron chi connectivity index (χ1n) is 14.0. The maximum absolute atomic E-state index is 14.5. The van der Waals surface area contributed by atoms with Gasteiger partial charge in [0.1, 0.15) is 0 Å². The Kier molecular flexibility index (Phi) is 11.6. The highest BCUT2D eigenvalue weighted by Crippen LogP contribution is 2.41. The molecule has 0 amide bonds.